The average molecular weight is 469 g/mol. The van der Waals surface area contributed by atoms with E-state index in [1.165, 1.54) is 0 Å². The normalized spacial score (nSPS) is 0. The van der Waals surface area contributed by atoms with Crippen LogP contribution < -0.4 is 101 Å². The smallest absolute Gasteiger partial charge is 1.00 e. The van der Waals surface area contributed by atoms with Crippen LogP contribution in [-0.4, -0.2) is 0 Å². The summed E-state index contributed by atoms with van der Waals surface area (Å²) < 4.78 is 0. The maximum Gasteiger partial charge on any atom is 2.00 e. The van der Waals surface area contributed by atoms with Gasteiger partial charge in [-0.3, -0.25) is 0 Å². The molecule has 0 aromatic carbocycles. The van der Waals surface area contributed by atoms with E-state index in [1.807, 2.05) is 0 Å². The van der Waals surface area contributed by atoms with Crippen LogP contribution in [0.5, 0.6) is 0 Å². The minimum absolute atomic E-state index is 0. The molecule has 0 rings (SSSR count). The molecule has 5 heavy (non-hydrogen) atoms. The van der Waals surface area contributed by atoms with Gasteiger partial charge in [-0.25, -0.2) is 0 Å². The average Bonchev–Trinajstić information content (AvgIpc) is 0. The van der Waals surface area contributed by atoms with Crippen LogP contribution in [0.3, 0.4) is 0 Å². The van der Waals surface area contributed by atoms with Crippen molar-refractivity contribution in [1.29, 1.82) is 0 Å². The second-order valence-electron chi connectivity index (χ2n) is 0. The van der Waals surface area contributed by atoms with E-state index < -0.39 is 0 Å². The summed E-state index contributed by atoms with van der Waals surface area (Å²) in [5.74, 6) is 0. The van der Waals surface area contributed by atoms with Gasteiger partial charge in [0.1, 0.15) is 0 Å². The van der Waals surface area contributed by atoms with Gasteiger partial charge >= 0.3 is 49.0 Å². The zero-order valence-electron chi connectivity index (χ0n) is 2.84. The van der Waals surface area contributed by atoms with Crippen LogP contribution in [0.2, 0.25) is 0 Å². The molecule has 0 aromatic rings. The van der Waals surface area contributed by atoms with Gasteiger partial charge in [0.15, 0.2) is 0 Å². The van der Waals surface area contributed by atoms with Gasteiger partial charge in [0.25, 0.3) is 0 Å². The van der Waals surface area contributed by atoms with Crippen LogP contribution in [0.1, 0.15) is 0 Å². The van der Waals surface area contributed by atoms with Gasteiger partial charge in [0.05, 0.1) is 0 Å². The van der Waals surface area contributed by atoms with Crippen LogP contribution in [0.25, 0.3) is 0 Å². The Bertz CT molecular complexity index is 6.85. The molecule has 0 nitrogen and oxygen atoms in total. The Labute approximate surface area is 118 Å². The third-order valence-electron chi connectivity index (χ3n) is 0. The molecule has 0 aliphatic carbocycles. The van der Waals surface area contributed by atoms with Crippen LogP contribution in [0, 0.1) is 0 Å². The summed E-state index contributed by atoms with van der Waals surface area (Å²) in [7, 11) is 0. The first-order valence-electron chi connectivity index (χ1n) is 0. The van der Waals surface area contributed by atoms with E-state index in [-0.39, 0.29) is 121 Å². The first-order chi connectivity index (χ1) is 0. The van der Waals surface area contributed by atoms with E-state index in [4.69, 9.17) is 0 Å². The first-order valence-corrected chi connectivity index (χ1v) is 0. The Kier molecular flexibility index (Phi) is 185. The van der Waals surface area contributed by atoms with Gasteiger partial charge in [-0.05, 0) is 0 Å². The topological polar surface area (TPSA) is 0 Å². The fourth-order valence-corrected chi connectivity index (χ4v) is 0. The summed E-state index contributed by atoms with van der Waals surface area (Å²) in [6.45, 7) is 0. The monoisotopic (exact) mass is 468 g/mol. The number of hydrogen-bond acceptors (Lipinski definition) is 0. The molecule has 0 heterocycles. The molecule has 0 aliphatic heterocycles. The molecule has 0 radical (unpaired) electrons. The largest absolute Gasteiger partial charge is 2.00 e. The Balaban J connectivity index is 0. The number of halogens is 3. The molecular weight excluding hydrogens is 469 g/mol. The van der Waals surface area contributed by atoms with Crippen LogP contribution in [-0.2, 0) is 19.5 Å². The molecule has 0 aliphatic rings. The van der Waals surface area contributed by atoms with Crippen molar-refractivity contribution in [3.8, 4) is 0 Å². The quantitative estimate of drug-likeness (QED) is 0.245. The first kappa shape index (κ1) is 37.0. The van der Waals surface area contributed by atoms with Gasteiger partial charge in [0, 0.05) is 0 Å². The maximum atomic E-state index is 0. The zero-order valence-corrected chi connectivity index (χ0v) is 14.3. The van der Waals surface area contributed by atoms with Gasteiger partial charge in [-0.2, -0.15) is 0 Å². The third kappa shape index (κ3) is 18.2. The molecule has 0 saturated heterocycles. The van der Waals surface area contributed by atoms with E-state index in [2.05, 4.69) is 0 Å². The fourth-order valence-electron chi connectivity index (χ4n) is 0. The second kappa shape index (κ2) is 24.9. The van der Waals surface area contributed by atoms with E-state index in [9.17, 15) is 0 Å². The van der Waals surface area contributed by atoms with Crippen molar-refractivity contribution in [2.24, 2.45) is 0 Å². The van der Waals surface area contributed by atoms with Crippen molar-refractivity contribution < 1.29 is 121 Å². The van der Waals surface area contributed by atoms with Crippen molar-refractivity contribution in [1.82, 2.24) is 0 Å². The maximum absolute atomic E-state index is 0. The molecule has 0 aromatic heterocycles. The molecule has 5 heteroatoms. The van der Waals surface area contributed by atoms with E-state index in [0.717, 1.165) is 0 Å². The summed E-state index contributed by atoms with van der Waals surface area (Å²) in [4.78, 5) is 0. The van der Waals surface area contributed by atoms with E-state index >= 15 is 0 Å². The number of hydrogen-bond donors (Lipinski definition) is 0. The SMILES string of the molecule is [I-].[I-].[I-].[Na+].[Zn+2]. The molecule has 0 spiro atoms. The van der Waals surface area contributed by atoms with Gasteiger partial charge < -0.3 is 71.9 Å². The minimum Gasteiger partial charge on any atom is -1.00 e. The molecule has 24 valence electrons. The molecular formula is I3NaZn. The van der Waals surface area contributed by atoms with E-state index in [0.29, 0.717) is 0 Å². The fraction of sp³-hybridized carbons (Fsp3) is 0. The molecule has 0 N–H and O–H groups in total. The van der Waals surface area contributed by atoms with Crippen molar-refractivity contribution in [2.75, 3.05) is 0 Å². The minimum atomic E-state index is 0. The zero-order chi connectivity index (χ0) is 0. The van der Waals surface area contributed by atoms with Gasteiger partial charge in [-0.15, -0.1) is 0 Å². The Morgan fingerprint density at radius 2 is 0.600 bits per heavy atom. The Morgan fingerprint density at radius 1 is 0.600 bits per heavy atom. The molecule has 0 amide bonds. The van der Waals surface area contributed by atoms with Crippen molar-refractivity contribution >= 4 is 0 Å². The van der Waals surface area contributed by atoms with Gasteiger partial charge in [0.2, 0.25) is 0 Å². The predicted molar refractivity (Wildman–Crippen MR) is 0 cm³/mol. The molecule has 0 unspecified atom stereocenters. The summed E-state index contributed by atoms with van der Waals surface area (Å²) in [6.07, 6.45) is 0. The summed E-state index contributed by atoms with van der Waals surface area (Å²) in [6, 6.07) is 0. The summed E-state index contributed by atoms with van der Waals surface area (Å²) in [5.41, 5.74) is 0. The predicted octanol–water partition coefficient (Wildman–Crippen LogP) is -12.0. The van der Waals surface area contributed by atoms with Crippen LogP contribution in [0.4, 0.5) is 0 Å². The molecule has 0 bridgehead atoms. The molecule has 0 saturated carbocycles. The summed E-state index contributed by atoms with van der Waals surface area (Å²) in [5, 5.41) is 0. The molecule has 0 atom stereocenters. The van der Waals surface area contributed by atoms with Crippen molar-refractivity contribution in [2.45, 2.75) is 0 Å². The summed E-state index contributed by atoms with van der Waals surface area (Å²) >= 11 is 0. The Hall–Kier alpha value is 3.81. The van der Waals surface area contributed by atoms with Gasteiger partial charge in [-0.1, -0.05) is 0 Å². The van der Waals surface area contributed by atoms with Crippen LogP contribution >= 0.6 is 0 Å². The Morgan fingerprint density at radius 3 is 0.600 bits per heavy atom. The van der Waals surface area contributed by atoms with Crippen molar-refractivity contribution in [3.05, 3.63) is 0 Å². The number of rotatable bonds is 0. The standard InChI is InChI=1S/3HI.Na.Zn/h3*1H;;/q;;;+1;+2/p-3. The van der Waals surface area contributed by atoms with Crippen molar-refractivity contribution in [3.63, 3.8) is 0 Å². The molecule has 0 fully saturated rings. The third-order valence-corrected chi connectivity index (χ3v) is 0. The second-order valence-corrected chi connectivity index (χ2v) is 0. The van der Waals surface area contributed by atoms with Crippen LogP contribution in [0.15, 0.2) is 0 Å². The van der Waals surface area contributed by atoms with E-state index in [1.54, 1.807) is 0 Å².